The molecule has 192 valence electrons. The van der Waals surface area contributed by atoms with Crippen LogP contribution in [0.1, 0.15) is 42.6 Å². The van der Waals surface area contributed by atoms with E-state index in [0.29, 0.717) is 17.9 Å². The Kier molecular flexibility index (Phi) is 10.8. The first-order valence-corrected chi connectivity index (χ1v) is 11.4. The van der Waals surface area contributed by atoms with Gasteiger partial charge in [-0.15, -0.1) is 12.4 Å². The Labute approximate surface area is 211 Å². The predicted octanol–water partition coefficient (Wildman–Crippen LogP) is 3.41. The SMILES string of the molecule is CCOc1cc(OC2CCN(C)CC2)c(F)c([C@H](OC)C(=O)NCc2ccc(C(=N)N)cc2)c1.Cl. The minimum absolute atomic E-state index is 0. The number of amidine groups is 1. The molecule has 0 aliphatic carbocycles. The summed E-state index contributed by atoms with van der Waals surface area (Å²) < 4.78 is 32.5. The number of carbonyl (C=O) groups excluding carboxylic acids is 1. The number of halogens is 2. The monoisotopic (exact) mass is 508 g/mol. The summed E-state index contributed by atoms with van der Waals surface area (Å²) in [7, 11) is 3.40. The number of hydrogen-bond acceptors (Lipinski definition) is 6. The van der Waals surface area contributed by atoms with Crippen molar-refractivity contribution in [1.29, 1.82) is 5.41 Å². The van der Waals surface area contributed by atoms with Gasteiger partial charge in [-0.1, -0.05) is 24.3 Å². The molecule has 1 aliphatic heterocycles. The second-order valence-electron chi connectivity index (χ2n) is 8.32. The van der Waals surface area contributed by atoms with Gasteiger partial charge < -0.3 is 30.2 Å². The molecule has 0 unspecified atom stereocenters. The third-order valence-corrected chi connectivity index (χ3v) is 5.80. The smallest absolute Gasteiger partial charge is 0.254 e. The molecule has 0 bridgehead atoms. The fourth-order valence-corrected chi connectivity index (χ4v) is 3.86. The van der Waals surface area contributed by atoms with Crippen LogP contribution >= 0.6 is 12.4 Å². The molecule has 1 heterocycles. The Morgan fingerprint density at radius 3 is 2.49 bits per heavy atom. The van der Waals surface area contributed by atoms with Gasteiger partial charge in [0, 0.05) is 43.9 Å². The van der Waals surface area contributed by atoms with Gasteiger partial charge in [0.25, 0.3) is 5.91 Å². The van der Waals surface area contributed by atoms with E-state index in [4.69, 9.17) is 25.4 Å². The average molecular weight is 509 g/mol. The Morgan fingerprint density at radius 1 is 1.26 bits per heavy atom. The molecular weight excluding hydrogens is 475 g/mol. The minimum atomic E-state index is -1.18. The molecule has 0 spiro atoms. The topological polar surface area (TPSA) is 110 Å². The summed E-state index contributed by atoms with van der Waals surface area (Å²) in [6.45, 7) is 4.18. The zero-order valence-electron chi connectivity index (χ0n) is 20.3. The number of ether oxygens (including phenoxy) is 3. The summed E-state index contributed by atoms with van der Waals surface area (Å²) in [5.41, 5.74) is 6.93. The Bertz CT molecular complexity index is 998. The molecule has 2 aromatic rings. The van der Waals surface area contributed by atoms with Crippen molar-refractivity contribution in [2.45, 2.75) is 38.5 Å². The molecule has 3 rings (SSSR count). The average Bonchev–Trinajstić information content (AvgIpc) is 2.82. The van der Waals surface area contributed by atoms with Gasteiger partial charge in [0.15, 0.2) is 17.7 Å². The number of nitrogen functional groups attached to an aromatic ring is 1. The van der Waals surface area contributed by atoms with E-state index in [1.54, 1.807) is 24.3 Å². The van der Waals surface area contributed by atoms with E-state index in [1.807, 2.05) is 14.0 Å². The van der Waals surface area contributed by atoms with E-state index in [1.165, 1.54) is 19.2 Å². The summed E-state index contributed by atoms with van der Waals surface area (Å²) >= 11 is 0. The minimum Gasteiger partial charge on any atom is -0.494 e. The lowest BCUT2D eigenvalue weighted by atomic mass is 10.1. The number of benzene rings is 2. The molecule has 1 aliphatic rings. The van der Waals surface area contributed by atoms with Crippen molar-refractivity contribution in [3.05, 3.63) is 58.9 Å². The van der Waals surface area contributed by atoms with Crippen LogP contribution in [0.2, 0.25) is 0 Å². The Hall–Kier alpha value is -2.88. The maximum atomic E-state index is 15.5. The number of nitrogens with zero attached hydrogens (tertiary/aromatic N) is 1. The molecular formula is C25H34ClFN4O4. The lowest BCUT2D eigenvalue weighted by Gasteiger charge is -2.30. The Balaban J connectivity index is 0.00000432. The predicted molar refractivity (Wildman–Crippen MR) is 135 cm³/mol. The van der Waals surface area contributed by atoms with Crippen LogP contribution in [0.5, 0.6) is 11.5 Å². The van der Waals surface area contributed by atoms with Crippen molar-refractivity contribution >= 4 is 24.1 Å². The number of piperidine rings is 1. The second kappa shape index (κ2) is 13.3. The fraction of sp³-hybridized carbons (Fsp3) is 0.440. The first kappa shape index (κ1) is 28.4. The van der Waals surface area contributed by atoms with Gasteiger partial charge in [-0.05, 0) is 38.4 Å². The van der Waals surface area contributed by atoms with Crippen LogP contribution in [0, 0.1) is 11.2 Å². The molecule has 0 radical (unpaired) electrons. The number of nitrogens with two attached hydrogens (primary N) is 1. The lowest BCUT2D eigenvalue weighted by Crippen LogP contribution is -2.36. The molecule has 0 aromatic heterocycles. The lowest BCUT2D eigenvalue weighted by molar-refractivity contribution is -0.131. The number of carbonyl (C=O) groups is 1. The summed E-state index contributed by atoms with van der Waals surface area (Å²) in [6.07, 6.45) is 0.293. The van der Waals surface area contributed by atoms with Gasteiger partial charge in [-0.25, -0.2) is 4.39 Å². The number of rotatable bonds is 10. The standard InChI is InChI=1S/C25H33FN4O4.ClH/c1-4-33-19-13-20(22(26)21(14-19)34-18-9-11-30(2)12-10-18)23(32-3)25(31)29-15-16-5-7-17(8-6-16)24(27)28;/h5-8,13-14,18,23H,4,9-12,15H2,1-3H3,(H3,27,28)(H,29,31);1H/t23-;/m0./s1. The summed E-state index contributed by atoms with van der Waals surface area (Å²) in [4.78, 5) is 15.1. The van der Waals surface area contributed by atoms with E-state index in [2.05, 4.69) is 10.2 Å². The molecule has 4 N–H and O–H groups in total. The van der Waals surface area contributed by atoms with E-state index in [-0.39, 0.29) is 42.2 Å². The van der Waals surface area contributed by atoms with Crippen LogP contribution in [-0.2, 0) is 16.1 Å². The zero-order chi connectivity index (χ0) is 24.7. The van der Waals surface area contributed by atoms with Crippen LogP contribution in [0.3, 0.4) is 0 Å². The van der Waals surface area contributed by atoms with Gasteiger partial charge in [0.05, 0.1) is 6.61 Å². The Morgan fingerprint density at radius 2 is 1.91 bits per heavy atom. The first-order valence-electron chi connectivity index (χ1n) is 11.4. The molecule has 1 saturated heterocycles. The van der Waals surface area contributed by atoms with Crippen LogP contribution in [0.15, 0.2) is 36.4 Å². The highest BCUT2D eigenvalue weighted by Gasteiger charge is 2.28. The van der Waals surface area contributed by atoms with Gasteiger partial charge in [-0.2, -0.15) is 0 Å². The van der Waals surface area contributed by atoms with Gasteiger partial charge in [0.2, 0.25) is 0 Å². The number of nitrogens with one attached hydrogen (secondary N) is 2. The first-order chi connectivity index (χ1) is 16.3. The van der Waals surface area contributed by atoms with Crippen LogP contribution < -0.4 is 20.5 Å². The third-order valence-electron chi connectivity index (χ3n) is 5.80. The number of hydrogen-bond donors (Lipinski definition) is 3. The maximum absolute atomic E-state index is 15.5. The normalized spacial score (nSPS) is 15.1. The molecule has 1 atom stereocenters. The number of methoxy groups -OCH3 is 1. The van der Waals surface area contributed by atoms with E-state index in [9.17, 15) is 4.79 Å². The van der Waals surface area contributed by atoms with Crippen LogP contribution in [-0.4, -0.2) is 56.6 Å². The highest BCUT2D eigenvalue weighted by molar-refractivity contribution is 5.94. The summed E-state index contributed by atoms with van der Waals surface area (Å²) in [5, 5.41) is 10.2. The van der Waals surface area contributed by atoms with Crippen molar-refractivity contribution in [2.24, 2.45) is 5.73 Å². The molecule has 10 heteroatoms. The van der Waals surface area contributed by atoms with Crippen LogP contribution in [0.25, 0.3) is 0 Å². The zero-order valence-corrected chi connectivity index (χ0v) is 21.1. The quantitative estimate of drug-likeness (QED) is 0.335. The van der Waals surface area contributed by atoms with E-state index in [0.717, 1.165) is 31.5 Å². The van der Waals surface area contributed by atoms with Crippen LogP contribution in [0.4, 0.5) is 4.39 Å². The van der Waals surface area contributed by atoms with E-state index < -0.39 is 17.8 Å². The highest BCUT2D eigenvalue weighted by Crippen LogP contribution is 2.34. The number of amides is 1. The van der Waals surface area contributed by atoms with Gasteiger partial charge >= 0.3 is 0 Å². The van der Waals surface area contributed by atoms with E-state index >= 15 is 4.39 Å². The van der Waals surface area contributed by atoms with Crippen molar-refractivity contribution in [3.8, 4) is 11.5 Å². The largest absolute Gasteiger partial charge is 0.494 e. The molecule has 35 heavy (non-hydrogen) atoms. The molecule has 2 aromatic carbocycles. The summed E-state index contributed by atoms with van der Waals surface area (Å²) in [5.74, 6) is -0.675. The second-order valence-corrected chi connectivity index (χ2v) is 8.32. The van der Waals surface area contributed by atoms with Gasteiger partial charge in [-0.3, -0.25) is 10.2 Å². The molecule has 0 saturated carbocycles. The number of likely N-dealkylation sites (tertiary alicyclic amines) is 1. The molecule has 1 fully saturated rings. The maximum Gasteiger partial charge on any atom is 0.254 e. The van der Waals surface area contributed by atoms with Crippen molar-refractivity contribution in [3.63, 3.8) is 0 Å². The van der Waals surface area contributed by atoms with Crippen molar-refractivity contribution in [2.75, 3.05) is 33.9 Å². The molecule has 8 nitrogen and oxygen atoms in total. The highest BCUT2D eigenvalue weighted by atomic mass is 35.5. The third kappa shape index (κ3) is 7.55. The van der Waals surface area contributed by atoms with Crippen molar-refractivity contribution in [1.82, 2.24) is 10.2 Å². The summed E-state index contributed by atoms with van der Waals surface area (Å²) in [6, 6.07) is 9.95. The van der Waals surface area contributed by atoms with Gasteiger partial charge in [0.1, 0.15) is 17.7 Å². The molecule has 1 amide bonds. The van der Waals surface area contributed by atoms with Crippen molar-refractivity contribution < 1.29 is 23.4 Å². The fourth-order valence-electron chi connectivity index (χ4n) is 3.86.